The van der Waals surface area contributed by atoms with Crippen LogP contribution in [0.15, 0.2) is 28.7 Å². The maximum Gasteiger partial charge on any atom is 0.137 e. The Hall–Kier alpha value is -1.68. The molecule has 0 spiro atoms. The first kappa shape index (κ1) is 11.8. The van der Waals surface area contributed by atoms with Crippen molar-refractivity contribution in [1.29, 1.82) is 0 Å². The molecule has 0 aliphatic heterocycles. The summed E-state index contributed by atoms with van der Waals surface area (Å²) in [4.78, 5) is 0. The molecule has 2 N–H and O–H groups in total. The molecular weight excluding hydrogens is 224 g/mol. The molecule has 1 unspecified atom stereocenters. The number of rotatable bonds is 2. The van der Waals surface area contributed by atoms with Gasteiger partial charge in [-0.15, -0.1) is 0 Å². The van der Waals surface area contributed by atoms with E-state index in [1.165, 1.54) is 6.92 Å². The molecule has 2 aromatic rings. The Morgan fingerprint density at radius 2 is 1.88 bits per heavy atom. The molecule has 2 nitrogen and oxygen atoms in total. The number of hydrogen-bond acceptors (Lipinski definition) is 2. The summed E-state index contributed by atoms with van der Waals surface area (Å²) in [5, 5.41) is 0. The number of aryl methyl sites for hydroxylation is 1. The number of hydrogen-bond donors (Lipinski definition) is 1. The fraction of sp³-hybridized carbons (Fsp3) is 0.231. The lowest BCUT2D eigenvalue weighted by molar-refractivity contribution is 0.486. The van der Waals surface area contributed by atoms with E-state index < -0.39 is 11.6 Å². The average Bonchev–Trinajstić information content (AvgIpc) is 2.72. The van der Waals surface area contributed by atoms with Crippen LogP contribution in [0.3, 0.4) is 0 Å². The van der Waals surface area contributed by atoms with Gasteiger partial charge in [0.1, 0.15) is 23.2 Å². The highest BCUT2D eigenvalue weighted by Crippen LogP contribution is 2.28. The summed E-state index contributed by atoms with van der Waals surface area (Å²) in [6.07, 6.45) is 0. The van der Waals surface area contributed by atoms with E-state index in [9.17, 15) is 8.78 Å². The zero-order valence-electron chi connectivity index (χ0n) is 9.63. The number of furan rings is 1. The van der Waals surface area contributed by atoms with Gasteiger partial charge in [-0.25, -0.2) is 8.78 Å². The highest BCUT2D eigenvalue weighted by atomic mass is 19.1. The fourth-order valence-electron chi connectivity index (χ4n) is 1.58. The summed E-state index contributed by atoms with van der Waals surface area (Å²) >= 11 is 0. The molecule has 0 radical (unpaired) electrons. The van der Waals surface area contributed by atoms with Crippen LogP contribution in [0.25, 0.3) is 11.3 Å². The van der Waals surface area contributed by atoms with Crippen molar-refractivity contribution in [2.24, 2.45) is 5.73 Å². The Morgan fingerprint density at radius 1 is 1.18 bits per heavy atom. The highest BCUT2D eigenvalue weighted by Gasteiger charge is 2.14. The van der Waals surface area contributed by atoms with E-state index in [0.717, 1.165) is 12.1 Å². The smallest absolute Gasteiger partial charge is 0.137 e. The second-order valence-electron chi connectivity index (χ2n) is 4.07. The van der Waals surface area contributed by atoms with Crippen molar-refractivity contribution < 1.29 is 13.2 Å². The minimum Gasteiger partial charge on any atom is -0.459 e. The normalized spacial score (nSPS) is 12.8. The molecule has 0 fully saturated rings. The van der Waals surface area contributed by atoms with Gasteiger partial charge in [0.2, 0.25) is 0 Å². The lowest BCUT2D eigenvalue weighted by Gasteiger charge is -2.03. The molecule has 0 amide bonds. The van der Waals surface area contributed by atoms with Gasteiger partial charge in [-0.2, -0.15) is 0 Å². The minimum atomic E-state index is -0.505. The Balaban J connectivity index is 2.49. The van der Waals surface area contributed by atoms with Crippen molar-refractivity contribution in [3.63, 3.8) is 0 Å². The Bertz CT molecular complexity index is 546. The largest absolute Gasteiger partial charge is 0.459 e. The fourth-order valence-corrected chi connectivity index (χ4v) is 1.58. The quantitative estimate of drug-likeness (QED) is 0.867. The van der Waals surface area contributed by atoms with Gasteiger partial charge in [0, 0.05) is 0 Å². The average molecular weight is 237 g/mol. The molecule has 4 heteroatoms. The van der Waals surface area contributed by atoms with Crippen LogP contribution in [-0.4, -0.2) is 0 Å². The van der Waals surface area contributed by atoms with E-state index in [4.69, 9.17) is 10.2 Å². The van der Waals surface area contributed by atoms with Crippen LogP contribution in [0.4, 0.5) is 8.78 Å². The molecule has 1 aromatic carbocycles. The van der Waals surface area contributed by atoms with Crippen molar-refractivity contribution in [1.82, 2.24) is 0 Å². The third-order valence-electron chi connectivity index (χ3n) is 2.59. The summed E-state index contributed by atoms with van der Waals surface area (Å²) in [6, 6.07) is 5.26. The number of halogens is 2. The Kier molecular flexibility index (Phi) is 2.98. The molecule has 0 aliphatic carbocycles. The minimum absolute atomic E-state index is 0.111. The summed E-state index contributed by atoms with van der Waals surface area (Å²) < 4.78 is 32.4. The molecule has 0 saturated heterocycles. The van der Waals surface area contributed by atoms with Gasteiger partial charge in [0.25, 0.3) is 0 Å². The molecule has 0 bridgehead atoms. The lowest BCUT2D eigenvalue weighted by Crippen LogP contribution is -2.02. The van der Waals surface area contributed by atoms with Gasteiger partial charge < -0.3 is 10.2 Å². The van der Waals surface area contributed by atoms with Gasteiger partial charge in [-0.1, -0.05) is 0 Å². The topological polar surface area (TPSA) is 39.2 Å². The molecule has 1 atom stereocenters. The molecule has 1 heterocycles. The van der Waals surface area contributed by atoms with E-state index in [1.54, 1.807) is 19.1 Å². The van der Waals surface area contributed by atoms with Crippen LogP contribution in [0.2, 0.25) is 0 Å². The predicted octanol–water partition coefficient (Wildman–Crippen LogP) is 3.55. The predicted molar refractivity (Wildman–Crippen MR) is 61.4 cm³/mol. The van der Waals surface area contributed by atoms with Crippen LogP contribution < -0.4 is 5.73 Å². The summed E-state index contributed by atoms with van der Waals surface area (Å²) in [5.41, 5.74) is 6.02. The van der Waals surface area contributed by atoms with Crippen LogP contribution in [0.5, 0.6) is 0 Å². The maximum absolute atomic E-state index is 13.7. The van der Waals surface area contributed by atoms with Crippen molar-refractivity contribution >= 4 is 0 Å². The molecule has 17 heavy (non-hydrogen) atoms. The van der Waals surface area contributed by atoms with E-state index in [1.807, 2.05) is 0 Å². The monoisotopic (exact) mass is 237 g/mol. The summed E-state index contributed by atoms with van der Waals surface area (Å²) in [5.74, 6) is -0.135. The molecule has 0 saturated carbocycles. The van der Waals surface area contributed by atoms with Crippen molar-refractivity contribution in [2.75, 3.05) is 0 Å². The lowest BCUT2D eigenvalue weighted by atomic mass is 10.1. The van der Waals surface area contributed by atoms with Crippen molar-refractivity contribution in [2.45, 2.75) is 19.9 Å². The van der Waals surface area contributed by atoms with Gasteiger partial charge in [-0.05, 0) is 43.7 Å². The zero-order valence-corrected chi connectivity index (χ0v) is 9.63. The van der Waals surface area contributed by atoms with E-state index in [0.29, 0.717) is 5.76 Å². The Morgan fingerprint density at radius 3 is 2.47 bits per heavy atom. The van der Waals surface area contributed by atoms with Crippen molar-refractivity contribution in [3.05, 3.63) is 47.2 Å². The SMILES string of the molecule is Cc1cc(F)c(-c2ccc(C(C)N)o2)cc1F. The van der Waals surface area contributed by atoms with Crippen molar-refractivity contribution in [3.8, 4) is 11.3 Å². The van der Waals surface area contributed by atoms with Crippen LogP contribution >= 0.6 is 0 Å². The van der Waals surface area contributed by atoms with Gasteiger partial charge in [0.05, 0.1) is 11.6 Å². The van der Waals surface area contributed by atoms with Gasteiger partial charge in [-0.3, -0.25) is 0 Å². The molecule has 0 aliphatic rings. The Labute approximate surface area is 98.0 Å². The van der Waals surface area contributed by atoms with E-state index in [-0.39, 0.29) is 22.9 Å². The number of nitrogens with two attached hydrogens (primary N) is 1. The standard InChI is InChI=1S/C13H13F2NO/c1-7-5-11(15)9(6-10(7)14)13-4-3-12(17-13)8(2)16/h3-6,8H,16H2,1-2H3. The molecule has 90 valence electrons. The third-order valence-corrected chi connectivity index (χ3v) is 2.59. The first-order valence-corrected chi connectivity index (χ1v) is 5.30. The number of benzene rings is 1. The van der Waals surface area contributed by atoms with E-state index in [2.05, 4.69) is 0 Å². The van der Waals surface area contributed by atoms with Crippen LogP contribution in [0.1, 0.15) is 24.3 Å². The molecule has 1 aromatic heterocycles. The van der Waals surface area contributed by atoms with Gasteiger partial charge in [0.15, 0.2) is 0 Å². The highest BCUT2D eigenvalue weighted by molar-refractivity contribution is 5.59. The first-order chi connectivity index (χ1) is 7.99. The second kappa shape index (κ2) is 4.30. The van der Waals surface area contributed by atoms with Gasteiger partial charge >= 0.3 is 0 Å². The van der Waals surface area contributed by atoms with Crippen LogP contribution in [0, 0.1) is 18.6 Å². The maximum atomic E-state index is 13.7. The molecular formula is C13H13F2NO. The van der Waals surface area contributed by atoms with E-state index >= 15 is 0 Å². The van der Waals surface area contributed by atoms with Crippen LogP contribution in [-0.2, 0) is 0 Å². The second-order valence-corrected chi connectivity index (χ2v) is 4.07. The summed E-state index contributed by atoms with van der Waals surface area (Å²) in [6.45, 7) is 3.27. The zero-order chi connectivity index (χ0) is 12.6. The summed E-state index contributed by atoms with van der Waals surface area (Å²) in [7, 11) is 0. The third kappa shape index (κ3) is 2.22. The first-order valence-electron chi connectivity index (χ1n) is 5.30. The molecule has 2 rings (SSSR count).